The van der Waals surface area contributed by atoms with E-state index < -0.39 is 5.82 Å². The van der Waals surface area contributed by atoms with E-state index >= 15 is 0 Å². The third-order valence-corrected chi connectivity index (χ3v) is 2.37. The SMILES string of the molecule is CC.CCn1cnc2c(F)cc(C)cc2c1=O.NC=O. The quantitative estimate of drug-likeness (QED) is 0.812. The summed E-state index contributed by atoms with van der Waals surface area (Å²) in [6.45, 7) is 8.14. The molecule has 0 unspecified atom stereocenters. The van der Waals surface area contributed by atoms with E-state index in [-0.39, 0.29) is 17.5 Å². The van der Waals surface area contributed by atoms with Crippen molar-refractivity contribution in [3.05, 3.63) is 40.2 Å². The first-order valence-corrected chi connectivity index (χ1v) is 6.35. The Morgan fingerprint density at radius 1 is 1.40 bits per heavy atom. The highest BCUT2D eigenvalue weighted by atomic mass is 19.1. The molecule has 0 radical (unpaired) electrons. The molecule has 0 aliphatic rings. The van der Waals surface area contributed by atoms with Gasteiger partial charge >= 0.3 is 0 Å². The molecule has 110 valence electrons. The van der Waals surface area contributed by atoms with E-state index in [2.05, 4.69) is 10.7 Å². The second-order valence-corrected chi connectivity index (χ2v) is 3.61. The molecular weight excluding hydrogens is 261 g/mol. The summed E-state index contributed by atoms with van der Waals surface area (Å²) < 4.78 is 14.9. The Morgan fingerprint density at radius 2 is 1.95 bits per heavy atom. The average molecular weight is 281 g/mol. The van der Waals surface area contributed by atoms with Crippen molar-refractivity contribution in [2.45, 2.75) is 34.2 Å². The lowest BCUT2D eigenvalue weighted by molar-refractivity contribution is -0.106. The fourth-order valence-corrected chi connectivity index (χ4v) is 1.59. The Kier molecular flexibility index (Phi) is 7.81. The standard InChI is InChI=1S/C11H11FN2O.C2H6.CH3NO/c1-3-14-6-13-10-8(11(14)15)4-7(2)5-9(10)12;1-2;2-1-3/h4-6H,3H2,1-2H3;1-2H3;1H,(H2,2,3). The van der Waals surface area contributed by atoms with Crippen LogP contribution < -0.4 is 11.3 Å². The summed E-state index contributed by atoms with van der Waals surface area (Å²) >= 11 is 0. The van der Waals surface area contributed by atoms with Gasteiger partial charge < -0.3 is 5.73 Å². The maximum absolute atomic E-state index is 13.5. The lowest BCUT2D eigenvalue weighted by Gasteiger charge is -2.04. The molecule has 1 amide bonds. The maximum atomic E-state index is 13.5. The number of carbonyl (C=O) groups is 1. The molecule has 0 spiro atoms. The lowest BCUT2D eigenvalue weighted by Crippen LogP contribution is -2.19. The van der Waals surface area contributed by atoms with Crippen molar-refractivity contribution in [1.29, 1.82) is 0 Å². The van der Waals surface area contributed by atoms with E-state index in [1.165, 1.54) is 17.0 Å². The monoisotopic (exact) mass is 281 g/mol. The Bertz CT molecular complexity index is 624. The van der Waals surface area contributed by atoms with Crippen molar-refractivity contribution in [3.63, 3.8) is 0 Å². The van der Waals surface area contributed by atoms with Gasteiger partial charge in [-0.3, -0.25) is 14.2 Å². The summed E-state index contributed by atoms with van der Waals surface area (Å²) in [4.78, 5) is 24.3. The molecule has 0 saturated carbocycles. The van der Waals surface area contributed by atoms with Gasteiger partial charge in [0.25, 0.3) is 5.56 Å². The van der Waals surface area contributed by atoms with E-state index in [4.69, 9.17) is 4.79 Å². The number of primary amides is 1. The molecule has 0 fully saturated rings. The number of nitrogens with two attached hydrogens (primary N) is 1. The van der Waals surface area contributed by atoms with Gasteiger partial charge in [-0.05, 0) is 31.5 Å². The normalized spacial score (nSPS) is 9.05. The number of amides is 1. The second-order valence-electron chi connectivity index (χ2n) is 3.61. The molecule has 5 nitrogen and oxygen atoms in total. The number of carbonyl (C=O) groups excluding carboxylic acids is 1. The van der Waals surface area contributed by atoms with Crippen molar-refractivity contribution in [2.75, 3.05) is 0 Å². The van der Waals surface area contributed by atoms with Crippen molar-refractivity contribution >= 4 is 17.3 Å². The van der Waals surface area contributed by atoms with Crippen molar-refractivity contribution < 1.29 is 9.18 Å². The summed E-state index contributed by atoms with van der Waals surface area (Å²) in [6.07, 6.45) is 1.63. The highest BCUT2D eigenvalue weighted by Gasteiger charge is 2.08. The molecule has 1 aromatic carbocycles. The minimum Gasteiger partial charge on any atom is -0.372 e. The summed E-state index contributed by atoms with van der Waals surface area (Å²) in [7, 11) is 0. The minimum absolute atomic E-state index is 0.148. The first-order chi connectivity index (χ1) is 9.54. The zero-order chi connectivity index (χ0) is 15.7. The van der Waals surface area contributed by atoms with E-state index in [1.807, 2.05) is 20.8 Å². The molecule has 20 heavy (non-hydrogen) atoms. The minimum atomic E-state index is -0.439. The predicted octanol–water partition coefficient (Wildman–Crippen LogP) is 1.99. The van der Waals surface area contributed by atoms with Gasteiger partial charge in [-0.2, -0.15) is 0 Å². The van der Waals surface area contributed by atoms with Crippen molar-refractivity contribution in [3.8, 4) is 0 Å². The van der Waals surface area contributed by atoms with Crippen LogP contribution in [0.25, 0.3) is 10.9 Å². The third-order valence-electron chi connectivity index (χ3n) is 2.37. The smallest absolute Gasteiger partial charge is 0.261 e. The molecular formula is C14H20FN3O2. The predicted molar refractivity (Wildman–Crippen MR) is 78.0 cm³/mol. The number of benzene rings is 1. The molecule has 2 N–H and O–H groups in total. The lowest BCUT2D eigenvalue weighted by atomic mass is 10.1. The molecule has 2 aromatic rings. The summed E-state index contributed by atoms with van der Waals surface area (Å²) in [5.74, 6) is -0.439. The molecule has 0 saturated heterocycles. The first-order valence-electron chi connectivity index (χ1n) is 6.35. The topological polar surface area (TPSA) is 78.0 Å². The van der Waals surface area contributed by atoms with E-state index in [0.717, 1.165) is 5.56 Å². The van der Waals surface area contributed by atoms with Gasteiger partial charge in [-0.1, -0.05) is 13.8 Å². The van der Waals surface area contributed by atoms with Crippen LogP contribution in [0.1, 0.15) is 26.3 Å². The van der Waals surface area contributed by atoms with Crippen LogP contribution in [-0.4, -0.2) is 16.0 Å². The van der Waals surface area contributed by atoms with E-state index in [0.29, 0.717) is 11.9 Å². The van der Waals surface area contributed by atoms with Crippen LogP contribution in [0, 0.1) is 12.7 Å². The van der Waals surface area contributed by atoms with Crippen LogP contribution in [0.3, 0.4) is 0 Å². The molecule has 1 heterocycles. The number of rotatable bonds is 1. The third kappa shape index (κ3) is 4.15. The van der Waals surface area contributed by atoms with Crippen LogP contribution in [0.4, 0.5) is 4.39 Å². The fourth-order valence-electron chi connectivity index (χ4n) is 1.59. The molecule has 2 rings (SSSR count). The van der Waals surface area contributed by atoms with Crippen LogP contribution in [-0.2, 0) is 11.3 Å². The van der Waals surface area contributed by atoms with E-state index in [1.54, 1.807) is 13.0 Å². The van der Waals surface area contributed by atoms with E-state index in [9.17, 15) is 9.18 Å². The Balaban J connectivity index is 0.000000641. The number of aromatic nitrogens is 2. The Hall–Kier alpha value is -2.24. The number of aryl methyl sites for hydroxylation is 2. The zero-order valence-corrected chi connectivity index (χ0v) is 12.2. The highest BCUT2D eigenvalue weighted by Crippen LogP contribution is 2.13. The number of halogens is 1. The maximum Gasteiger partial charge on any atom is 0.261 e. The largest absolute Gasteiger partial charge is 0.372 e. The summed E-state index contributed by atoms with van der Waals surface area (Å²) in [6, 6.07) is 3.05. The van der Waals surface area contributed by atoms with Gasteiger partial charge in [-0.25, -0.2) is 9.37 Å². The molecule has 0 aliphatic carbocycles. The number of hydrogen-bond acceptors (Lipinski definition) is 3. The Labute approximate surface area is 117 Å². The van der Waals surface area contributed by atoms with Gasteiger partial charge in [0.05, 0.1) is 11.7 Å². The Morgan fingerprint density at radius 3 is 2.45 bits per heavy atom. The number of hydrogen-bond donors (Lipinski definition) is 1. The zero-order valence-electron chi connectivity index (χ0n) is 12.2. The molecule has 1 aromatic heterocycles. The van der Waals surface area contributed by atoms with Gasteiger partial charge in [0.2, 0.25) is 6.41 Å². The molecule has 6 heteroatoms. The van der Waals surface area contributed by atoms with Gasteiger partial charge in [0, 0.05) is 6.54 Å². The number of nitrogens with zero attached hydrogens (tertiary/aromatic N) is 2. The first kappa shape index (κ1) is 17.8. The number of fused-ring (bicyclic) bond motifs is 1. The van der Waals surface area contributed by atoms with Gasteiger partial charge in [0.15, 0.2) is 0 Å². The molecule has 0 bridgehead atoms. The van der Waals surface area contributed by atoms with Crippen molar-refractivity contribution in [2.24, 2.45) is 5.73 Å². The van der Waals surface area contributed by atoms with Crippen LogP contribution in [0.5, 0.6) is 0 Å². The summed E-state index contributed by atoms with van der Waals surface area (Å²) in [5, 5.41) is 0.344. The average Bonchev–Trinajstić information content (AvgIpc) is 2.43. The fraction of sp³-hybridized carbons (Fsp3) is 0.357. The van der Waals surface area contributed by atoms with Crippen LogP contribution in [0.15, 0.2) is 23.3 Å². The van der Waals surface area contributed by atoms with Gasteiger partial charge in [0.1, 0.15) is 11.3 Å². The summed E-state index contributed by atoms with van der Waals surface area (Å²) in [5.41, 5.74) is 4.85. The van der Waals surface area contributed by atoms with Crippen LogP contribution in [0.2, 0.25) is 0 Å². The second kappa shape index (κ2) is 8.79. The van der Waals surface area contributed by atoms with Crippen molar-refractivity contribution in [1.82, 2.24) is 9.55 Å². The van der Waals surface area contributed by atoms with Gasteiger partial charge in [-0.15, -0.1) is 0 Å². The highest BCUT2D eigenvalue weighted by molar-refractivity contribution is 5.78. The molecule has 0 aliphatic heterocycles. The van der Waals surface area contributed by atoms with Crippen LogP contribution >= 0.6 is 0 Å². The molecule has 0 atom stereocenters.